The highest BCUT2D eigenvalue weighted by Gasteiger charge is 2.18. The molecule has 4 heteroatoms. The van der Waals surface area contributed by atoms with E-state index in [0.29, 0.717) is 0 Å². The summed E-state index contributed by atoms with van der Waals surface area (Å²) in [6, 6.07) is 0.861. The molecule has 19 heavy (non-hydrogen) atoms. The van der Waals surface area contributed by atoms with Gasteiger partial charge in [0.25, 0.3) is 0 Å². The molecule has 0 aromatic heterocycles. The number of nitrogens with zero attached hydrogens (tertiary/aromatic N) is 3. The maximum Gasteiger partial charge on any atom is 0.0110 e. The second-order valence-electron chi connectivity index (χ2n) is 6.31. The van der Waals surface area contributed by atoms with Crippen LogP contribution < -0.4 is 5.32 Å². The Morgan fingerprint density at radius 3 is 2.42 bits per heavy atom. The predicted octanol–water partition coefficient (Wildman–Crippen LogP) is 0.698. The average molecular weight is 268 g/mol. The summed E-state index contributed by atoms with van der Waals surface area (Å²) in [5, 5.41) is 3.60. The molecule has 2 rings (SSSR count). The second kappa shape index (κ2) is 8.20. The van der Waals surface area contributed by atoms with Crippen LogP contribution in [-0.2, 0) is 0 Å². The van der Waals surface area contributed by atoms with Gasteiger partial charge in [-0.3, -0.25) is 4.90 Å². The van der Waals surface area contributed by atoms with Gasteiger partial charge in [0.2, 0.25) is 0 Å². The van der Waals surface area contributed by atoms with Crippen LogP contribution in [0.4, 0.5) is 0 Å². The van der Waals surface area contributed by atoms with Crippen LogP contribution in [0.2, 0.25) is 0 Å². The van der Waals surface area contributed by atoms with Gasteiger partial charge < -0.3 is 15.1 Å². The first-order valence-electron chi connectivity index (χ1n) is 8.07. The van der Waals surface area contributed by atoms with Crippen LogP contribution in [0, 0.1) is 0 Å². The molecular formula is C15H32N4. The summed E-state index contributed by atoms with van der Waals surface area (Å²) in [7, 11) is 4.51. The number of hydrogen-bond acceptors (Lipinski definition) is 4. The van der Waals surface area contributed by atoms with Crippen molar-refractivity contribution in [3.05, 3.63) is 0 Å². The van der Waals surface area contributed by atoms with E-state index in [2.05, 4.69) is 34.1 Å². The number of piperazine rings is 1. The molecule has 4 nitrogen and oxygen atoms in total. The van der Waals surface area contributed by atoms with Crippen molar-refractivity contribution in [2.45, 2.75) is 31.7 Å². The number of hydrogen-bond donors (Lipinski definition) is 1. The number of nitrogens with one attached hydrogen (secondary N) is 1. The fourth-order valence-electron chi connectivity index (χ4n) is 3.22. The smallest absolute Gasteiger partial charge is 0.0110 e. The Kier molecular flexibility index (Phi) is 6.57. The molecule has 0 radical (unpaired) electrons. The number of rotatable bonds is 7. The van der Waals surface area contributed by atoms with E-state index >= 15 is 0 Å². The zero-order chi connectivity index (χ0) is 13.5. The summed E-state index contributed by atoms with van der Waals surface area (Å²) < 4.78 is 0. The predicted molar refractivity (Wildman–Crippen MR) is 81.7 cm³/mol. The van der Waals surface area contributed by atoms with E-state index in [4.69, 9.17) is 0 Å². The lowest BCUT2D eigenvalue weighted by Crippen LogP contribution is -2.47. The van der Waals surface area contributed by atoms with Gasteiger partial charge in [0.1, 0.15) is 0 Å². The molecule has 1 N–H and O–H groups in total. The van der Waals surface area contributed by atoms with Crippen LogP contribution in [0.1, 0.15) is 25.7 Å². The third-order valence-electron chi connectivity index (χ3n) is 4.79. The molecule has 0 spiro atoms. The zero-order valence-electron chi connectivity index (χ0n) is 12.9. The molecule has 2 fully saturated rings. The first kappa shape index (κ1) is 15.2. The van der Waals surface area contributed by atoms with Crippen LogP contribution in [0.3, 0.4) is 0 Å². The van der Waals surface area contributed by atoms with Gasteiger partial charge in [-0.2, -0.15) is 0 Å². The van der Waals surface area contributed by atoms with E-state index in [1.165, 1.54) is 65.0 Å². The first-order valence-corrected chi connectivity index (χ1v) is 8.07. The third-order valence-corrected chi connectivity index (χ3v) is 4.79. The van der Waals surface area contributed by atoms with E-state index in [-0.39, 0.29) is 0 Å². The van der Waals surface area contributed by atoms with Crippen LogP contribution in [0.5, 0.6) is 0 Å². The van der Waals surface area contributed by atoms with Gasteiger partial charge in [0.05, 0.1) is 0 Å². The maximum atomic E-state index is 3.60. The lowest BCUT2D eigenvalue weighted by molar-refractivity contribution is 0.154. The lowest BCUT2D eigenvalue weighted by Gasteiger charge is -2.32. The van der Waals surface area contributed by atoms with Crippen molar-refractivity contribution in [2.24, 2.45) is 0 Å². The van der Waals surface area contributed by atoms with Gasteiger partial charge in [-0.05, 0) is 26.9 Å². The van der Waals surface area contributed by atoms with Gasteiger partial charge in [-0.15, -0.1) is 0 Å². The molecule has 0 aromatic carbocycles. The quantitative estimate of drug-likeness (QED) is 0.686. The summed E-state index contributed by atoms with van der Waals surface area (Å²) in [6.45, 7) is 9.62. The Bertz CT molecular complexity index is 232. The topological polar surface area (TPSA) is 21.8 Å². The summed E-state index contributed by atoms with van der Waals surface area (Å²) in [5.74, 6) is 0. The lowest BCUT2D eigenvalue weighted by atomic mass is 10.2. The van der Waals surface area contributed by atoms with Gasteiger partial charge in [0.15, 0.2) is 0 Å². The molecule has 0 atom stereocenters. The fraction of sp³-hybridized carbons (Fsp3) is 1.00. The molecule has 0 unspecified atom stereocenters. The normalized spacial score (nSPS) is 23.5. The minimum Gasteiger partial charge on any atom is -0.314 e. The standard InChI is InChI=1S/C15H32N4/c1-17-11-13-19(14-12-17)10-8-16-7-9-18(2)15-5-3-4-6-15/h15-16H,3-14H2,1-2H3. The molecule has 1 aliphatic carbocycles. The molecule has 1 saturated carbocycles. The van der Waals surface area contributed by atoms with Crippen LogP contribution in [0.25, 0.3) is 0 Å². The Morgan fingerprint density at radius 1 is 1.05 bits per heavy atom. The third kappa shape index (κ3) is 5.38. The highest BCUT2D eigenvalue weighted by molar-refractivity contribution is 4.75. The molecule has 0 bridgehead atoms. The number of likely N-dealkylation sites (N-methyl/N-ethyl adjacent to an activating group) is 2. The minimum atomic E-state index is 0.861. The maximum absolute atomic E-state index is 3.60. The SMILES string of the molecule is CN1CCN(CCNCCN(C)C2CCCC2)CC1. The van der Waals surface area contributed by atoms with Gasteiger partial charge in [-0.25, -0.2) is 0 Å². The fourth-order valence-corrected chi connectivity index (χ4v) is 3.22. The van der Waals surface area contributed by atoms with Gasteiger partial charge >= 0.3 is 0 Å². The highest BCUT2D eigenvalue weighted by atomic mass is 15.2. The monoisotopic (exact) mass is 268 g/mol. The summed E-state index contributed by atoms with van der Waals surface area (Å²) in [6.07, 6.45) is 5.70. The van der Waals surface area contributed by atoms with E-state index in [1.54, 1.807) is 0 Å². The Hall–Kier alpha value is -0.160. The van der Waals surface area contributed by atoms with E-state index in [0.717, 1.165) is 19.1 Å². The van der Waals surface area contributed by atoms with Crippen molar-refractivity contribution in [3.8, 4) is 0 Å². The molecule has 1 aliphatic heterocycles. The molecule has 0 amide bonds. The molecule has 1 saturated heterocycles. The van der Waals surface area contributed by atoms with Crippen molar-refractivity contribution >= 4 is 0 Å². The van der Waals surface area contributed by atoms with Crippen molar-refractivity contribution < 1.29 is 0 Å². The van der Waals surface area contributed by atoms with Crippen molar-refractivity contribution in [3.63, 3.8) is 0 Å². The largest absolute Gasteiger partial charge is 0.314 e. The van der Waals surface area contributed by atoms with Crippen LogP contribution in [0.15, 0.2) is 0 Å². The molecule has 1 heterocycles. The van der Waals surface area contributed by atoms with Crippen LogP contribution in [-0.4, -0.2) is 87.2 Å². The van der Waals surface area contributed by atoms with E-state index in [1.807, 2.05) is 0 Å². The zero-order valence-corrected chi connectivity index (χ0v) is 12.9. The Labute approximate surface area is 119 Å². The highest BCUT2D eigenvalue weighted by Crippen LogP contribution is 2.21. The Balaban J connectivity index is 1.45. The van der Waals surface area contributed by atoms with Crippen molar-refractivity contribution in [1.82, 2.24) is 20.0 Å². The van der Waals surface area contributed by atoms with Crippen LogP contribution >= 0.6 is 0 Å². The van der Waals surface area contributed by atoms with Crippen molar-refractivity contribution in [1.29, 1.82) is 0 Å². The minimum absolute atomic E-state index is 0.861. The van der Waals surface area contributed by atoms with Crippen molar-refractivity contribution in [2.75, 3.05) is 66.5 Å². The second-order valence-corrected chi connectivity index (χ2v) is 6.31. The average Bonchev–Trinajstić information content (AvgIpc) is 2.94. The first-order chi connectivity index (χ1) is 9.25. The summed E-state index contributed by atoms with van der Waals surface area (Å²) in [4.78, 5) is 7.55. The Morgan fingerprint density at radius 2 is 1.74 bits per heavy atom. The summed E-state index contributed by atoms with van der Waals surface area (Å²) in [5.41, 5.74) is 0. The van der Waals surface area contributed by atoms with Gasteiger partial charge in [0, 0.05) is 58.4 Å². The van der Waals surface area contributed by atoms with Gasteiger partial charge in [-0.1, -0.05) is 12.8 Å². The molecule has 112 valence electrons. The molecular weight excluding hydrogens is 236 g/mol. The summed E-state index contributed by atoms with van der Waals surface area (Å²) >= 11 is 0. The molecule has 0 aromatic rings. The van der Waals surface area contributed by atoms with E-state index in [9.17, 15) is 0 Å². The van der Waals surface area contributed by atoms with E-state index < -0.39 is 0 Å². The molecule has 2 aliphatic rings.